The molecule has 23 heavy (non-hydrogen) atoms. The number of anilines is 1. The Bertz CT molecular complexity index is 817. The molecule has 3 aromatic heterocycles. The van der Waals surface area contributed by atoms with Gasteiger partial charge in [0.15, 0.2) is 5.65 Å². The third-order valence-corrected chi connectivity index (χ3v) is 3.90. The standard InChI is InChI=1S/C18H23N5/c1-11(2)16-9-18(23-17(21-16)8-13(4)22-23)20-14(5)15-7-6-12(3)10-19-15/h6-11,14,20H,1-5H3. The summed E-state index contributed by atoms with van der Waals surface area (Å²) in [5, 5.41) is 8.07. The van der Waals surface area contributed by atoms with Gasteiger partial charge < -0.3 is 5.32 Å². The highest BCUT2D eigenvalue weighted by Crippen LogP contribution is 2.23. The summed E-state index contributed by atoms with van der Waals surface area (Å²) >= 11 is 0. The Morgan fingerprint density at radius 2 is 1.83 bits per heavy atom. The van der Waals surface area contributed by atoms with Crippen molar-refractivity contribution in [3.05, 3.63) is 53.1 Å². The Hall–Kier alpha value is -2.43. The number of pyridine rings is 1. The molecule has 5 nitrogen and oxygen atoms in total. The van der Waals surface area contributed by atoms with Gasteiger partial charge in [0.2, 0.25) is 0 Å². The molecule has 0 aliphatic heterocycles. The highest BCUT2D eigenvalue weighted by molar-refractivity contribution is 5.51. The molecule has 0 radical (unpaired) electrons. The first kappa shape index (κ1) is 15.5. The fourth-order valence-corrected chi connectivity index (χ4v) is 2.54. The van der Waals surface area contributed by atoms with Crippen molar-refractivity contribution in [3.63, 3.8) is 0 Å². The van der Waals surface area contributed by atoms with Crippen molar-refractivity contribution in [1.82, 2.24) is 19.6 Å². The average molecular weight is 309 g/mol. The van der Waals surface area contributed by atoms with Crippen molar-refractivity contribution in [3.8, 4) is 0 Å². The predicted octanol–water partition coefficient (Wildman–Crippen LogP) is 4.04. The van der Waals surface area contributed by atoms with Gasteiger partial charge in [-0.1, -0.05) is 19.9 Å². The van der Waals surface area contributed by atoms with Crippen molar-refractivity contribution >= 4 is 11.5 Å². The van der Waals surface area contributed by atoms with Crippen molar-refractivity contribution in [2.45, 2.75) is 46.6 Å². The summed E-state index contributed by atoms with van der Waals surface area (Å²) in [6.45, 7) is 10.4. The molecule has 0 aliphatic carbocycles. The number of hydrogen-bond acceptors (Lipinski definition) is 4. The van der Waals surface area contributed by atoms with Crippen LogP contribution in [0.25, 0.3) is 5.65 Å². The first-order valence-corrected chi connectivity index (χ1v) is 8.00. The van der Waals surface area contributed by atoms with E-state index in [1.807, 2.05) is 30.6 Å². The summed E-state index contributed by atoms with van der Waals surface area (Å²) in [6, 6.07) is 8.31. The van der Waals surface area contributed by atoms with Gasteiger partial charge in [0.05, 0.1) is 17.4 Å². The van der Waals surface area contributed by atoms with E-state index in [0.717, 1.165) is 34.1 Å². The molecule has 0 saturated heterocycles. The van der Waals surface area contributed by atoms with Gasteiger partial charge in [-0.2, -0.15) is 9.61 Å². The van der Waals surface area contributed by atoms with Crippen LogP contribution < -0.4 is 5.32 Å². The van der Waals surface area contributed by atoms with E-state index >= 15 is 0 Å². The number of nitrogens with zero attached hydrogens (tertiary/aromatic N) is 4. The van der Waals surface area contributed by atoms with Gasteiger partial charge >= 0.3 is 0 Å². The summed E-state index contributed by atoms with van der Waals surface area (Å²) in [4.78, 5) is 9.20. The van der Waals surface area contributed by atoms with Crippen LogP contribution >= 0.6 is 0 Å². The lowest BCUT2D eigenvalue weighted by atomic mass is 10.1. The summed E-state index contributed by atoms with van der Waals surface area (Å²) in [5.74, 6) is 1.31. The maximum absolute atomic E-state index is 4.69. The normalized spacial score (nSPS) is 12.8. The summed E-state index contributed by atoms with van der Waals surface area (Å²) < 4.78 is 1.87. The Morgan fingerprint density at radius 3 is 2.48 bits per heavy atom. The van der Waals surface area contributed by atoms with Gasteiger partial charge in [0.1, 0.15) is 5.82 Å². The summed E-state index contributed by atoms with van der Waals surface area (Å²) in [7, 11) is 0. The largest absolute Gasteiger partial charge is 0.362 e. The van der Waals surface area contributed by atoms with Crippen LogP contribution in [0, 0.1) is 13.8 Å². The zero-order valence-corrected chi connectivity index (χ0v) is 14.3. The van der Waals surface area contributed by atoms with Crippen molar-refractivity contribution in [1.29, 1.82) is 0 Å². The van der Waals surface area contributed by atoms with E-state index in [9.17, 15) is 0 Å². The average Bonchev–Trinajstić information content (AvgIpc) is 2.88. The molecule has 0 aromatic carbocycles. The molecular formula is C18H23N5. The smallest absolute Gasteiger partial charge is 0.157 e. The Balaban J connectivity index is 1.99. The van der Waals surface area contributed by atoms with Crippen LogP contribution in [0.5, 0.6) is 0 Å². The minimum atomic E-state index is 0.0886. The Labute approximate surface area is 136 Å². The van der Waals surface area contributed by atoms with Crippen LogP contribution in [0.3, 0.4) is 0 Å². The second kappa shape index (κ2) is 5.99. The lowest BCUT2D eigenvalue weighted by molar-refractivity contribution is 0.782. The first-order chi connectivity index (χ1) is 10.9. The highest BCUT2D eigenvalue weighted by Gasteiger charge is 2.13. The molecule has 1 unspecified atom stereocenters. The quantitative estimate of drug-likeness (QED) is 0.790. The summed E-state index contributed by atoms with van der Waals surface area (Å²) in [6.07, 6.45) is 1.90. The molecule has 0 aliphatic rings. The van der Waals surface area contributed by atoms with Crippen LogP contribution in [0.15, 0.2) is 30.5 Å². The van der Waals surface area contributed by atoms with Crippen molar-refractivity contribution in [2.75, 3.05) is 5.32 Å². The van der Waals surface area contributed by atoms with Crippen LogP contribution in [0.2, 0.25) is 0 Å². The monoisotopic (exact) mass is 309 g/mol. The second-order valence-electron chi connectivity index (χ2n) is 6.40. The number of aromatic nitrogens is 4. The van der Waals surface area contributed by atoms with Crippen LogP contribution in [-0.4, -0.2) is 19.6 Å². The van der Waals surface area contributed by atoms with Gasteiger partial charge in [-0.15, -0.1) is 0 Å². The summed E-state index contributed by atoms with van der Waals surface area (Å²) in [5.41, 5.74) is 5.07. The zero-order chi connectivity index (χ0) is 16.6. The lowest BCUT2D eigenvalue weighted by Crippen LogP contribution is -2.13. The second-order valence-corrected chi connectivity index (χ2v) is 6.40. The minimum absolute atomic E-state index is 0.0886. The number of fused-ring (bicyclic) bond motifs is 1. The minimum Gasteiger partial charge on any atom is -0.362 e. The molecule has 0 saturated carbocycles. The molecular weight excluding hydrogens is 286 g/mol. The maximum atomic E-state index is 4.69. The van der Waals surface area contributed by atoms with E-state index in [2.05, 4.69) is 54.4 Å². The van der Waals surface area contributed by atoms with E-state index in [0.29, 0.717) is 5.92 Å². The van der Waals surface area contributed by atoms with Crippen molar-refractivity contribution < 1.29 is 0 Å². The topological polar surface area (TPSA) is 55.1 Å². The third kappa shape index (κ3) is 3.18. The van der Waals surface area contributed by atoms with Crippen molar-refractivity contribution in [2.24, 2.45) is 0 Å². The van der Waals surface area contributed by atoms with E-state index in [4.69, 9.17) is 4.98 Å². The number of hydrogen-bond donors (Lipinski definition) is 1. The van der Waals surface area contributed by atoms with E-state index in [1.54, 1.807) is 0 Å². The highest BCUT2D eigenvalue weighted by atomic mass is 15.3. The lowest BCUT2D eigenvalue weighted by Gasteiger charge is -2.17. The maximum Gasteiger partial charge on any atom is 0.157 e. The zero-order valence-electron chi connectivity index (χ0n) is 14.3. The fraction of sp³-hybridized carbons (Fsp3) is 0.389. The van der Waals surface area contributed by atoms with E-state index < -0.39 is 0 Å². The SMILES string of the molecule is Cc1ccc(C(C)Nc2cc(C(C)C)nc3cc(C)nn23)nc1. The molecule has 3 heterocycles. The molecule has 0 spiro atoms. The number of nitrogens with one attached hydrogen (secondary N) is 1. The number of rotatable bonds is 4. The van der Waals surface area contributed by atoms with Gasteiger partial charge in [0, 0.05) is 24.0 Å². The Kier molecular flexibility index (Phi) is 4.03. The molecule has 1 N–H and O–H groups in total. The number of aryl methyl sites for hydroxylation is 2. The first-order valence-electron chi connectivity index (χ1n) is 8.00. The van der Waals surface area contributed by atoms with Gasteiger partial charge in [0.25, 0.3) is 0 Å². The third-order valence-electron chi connectivity index (χ3n) is 3.90. The van der Waals surface area contributed by atoms with Gasteiger partial charge in [-0.05, 0) is 38.3 Å². The molecule has 3 aromatic rings. The molecule has 0 amide bonds. The molecule has 120 valence electrons. The van der Waals surface area contributed by atoms with E-state index in [1.165, 1.54) is 0 Å². The molecule has 5 heteroatoms. The predicted molar refractivity (Wildman–Crippen MR) is 92.8 cm³/mol. The molecule has 1 atom stereocenters. The molecule has 3 rings (SSSR count). The van der Waals surface area contributed by atoms with E-state index in [-0.39, 0.29) is 6.04 Å². The van der Waals surface area contributed by atoms with Crippen LogP contribution in [0.4, 0.5) is 5.82 Å². The Morgan fingerprint density at radius 1 is 1.04 bits per heavy atom. The molecule has 0 fully saturated rings. The van der Waals surface area contributed by atoms with Crippen LogP contribution in [0.1, 0.15) is 55.4 Å². The fourth-order valence-electron chi connectivity index (χ4n) is 2.54. The van der Waals surface area contributed by atoms with Gasteiger partial charge in [-0.3, -0.25) is 4.98 Å². The molecule has 0 bridgehead atoms. The van der Waals surface area contributed by atoms with Gasteiger partial charge in [-0.25, -0.2) is 4.98 Å². The van der Waals surface area contributed by atoms with Crippen LogP contribution in [-0.2, 0) is 0 Å².